The topological polar surface area (TPSA) is 60.9 Å². The minimum Gasteiger partial charge on any atom is -0.396 e. The Labute approximate surface area is 77.4 Å². The van der Waals surface area contributed by atoms with Gasteiger partial charge in [-0.15, -0.1) is 0 Å². The number of aliphatic hydroxyl groups excluding tert-OH is 1. The van der Waals surface area contributed by atoms with Crippen molar-refractivity contribution in [2.75, 3.05) is 13.2 Å². The van der Waals surface area contributed by atoms with Crippen LogP contribution in [-0.4, -0.2) is 28.5 Å². The molecule has 1 aliphatic rings. The summed E-state index contributed by atoms with van der Waals surface area (Å²) < 4.78 is 0. The van der Waals surface area contributed by atoms with Gasteiger partial charge in [0.25, 0.3) is 0 Å². The first-order chi connectivity index (χ1) is 6.40. The second kappa shape index (κ2) is 3.89. The second-order valence-corrected chi connectivity index (χ2v) is 3.62. The molecule has 0 spiro atoms. The number of aromatic nitrogens is 2. The van der Waals surface area contributed by atoms with Crippen molar-refractivity contribution in [3.05, 3.63) is 18.0 Å². The molecule has 1 aromatic heterocycles. The molecule has 4 heteroatoms. The van der Waals surface area contributed by atoms with Crippen molar-refractivity contribution in [3.63, 3.8) is 0 Å². The lowest BCUT2D eigenvalue weighted by Gasteiger charge is -2.28. The molecule has 2 heterocycles. The van der Waals surface area contributed by atoms with Crippen LogP contribution in [0.2, 0.25) is 0 Å². The fraction of sp³-hybridized carbons (Fsp3) is 0.667. The Balaban J connectivity index is 1.92. The van der Waals surface area contributed by atoms with Gasteiger partial charge in [-0.2, -0.15) is 5.10 Å². The molecule has 13 heavy (non-hydrogen) atoms. The fourth-order valence-corrected chi connectivity index (χ4v) is 1.81. The normalized spacial score (nSPS) is 29.0. The number of nitrogens with zero attached hydrogens (tertiary/aromatic N) is 1. The van der Waals surface area contributed by atoms with Gasteiger partial charge in [0, 0.05) is 31.0 Å². The zero-order valence-electron chi connectivity index (χ0n) is 7.53. The molecule has 2 atom stereocenters. The monoisotopic (exact) mass is 181 g/mol. The van der Waals surface area contributed by atoms with Crippen molar-refractivity contribution in [2.24, 2.45) is 5.92 Å². The molecule has 72 valence electrons. The summed E-state index contributed by atoms with van der Waals surface area (Å²) in [6, 6.07) is 0.418. The molecule has 0 saturated carbocycles. The number of hydrogen-bond acceptors (Lipinski definition) is 3. The van der Waals surface area contributed by atoms with Crippen LogP contribution in [0.1, 0.15) is 24.4 Å². The lowest BCUT2D eigenvalue weighted by atomic mass is 9.93. The molecule has 3 N–H and O–H groups in total. The predicted molar refractivity (Wildman–Crippen MR) is 49.1 cm³/mol. The van der Waals surface area contributed by atoms with E-state index in [0.29, 0.717) is 18.6 Å². The van der Waals surface area contributed by atoms with Gasteiger partial charge in [-0.25, -0.2) is 0 Å². The molecule has 1 aliphatic heterocycles. The number of aliphatic hydroxyl groups is 1. The molecule has 0 aromatic carbocycles. The second-order valence-electron chi connectivity index (χ2n) is 3.62. The minimum absolute atomic E-state index is 0.297. The lowest BCUT2D eigenvalue weighted by molar-refractivity contribution is 0.184. The van der Waals surface area contributed by atoms with Crippen molar-refractivity contribution in [2.45, 2.75) is 18.9 Å². The minimum atomic E-state index is 0.297. The van der Waals surface area contributed by atoms with E-state index < -0.39 is 0 Å². The Morgan fingerprint density at radius 3 is 3.00 bits per heavy atom. The van der Waals surface area contributed by atoms with Crippen LogP contribution in [0.15, 0.2) is 12.4 Å². The zero-order valence-corrected chi connectivity index (χ0v) is 7.53. The van der Waals surface area contributed by atoms with Gasteiger partial charge in [0.15, 0.2) is 0 Å². The number of nitrogens with one attached hydrogen (secondary N) is 2. The summed E-state index contributed by atoms with van der Waals surface area (Å²) in [7, 11) is 0. The van der Waals surface area contributed by atoms with E-state index in [1.54, 1.807) is 0 Å². The average Bonchev–Trinajstić information content (AvgIpc) is 2.71. The summed E-state index contributed by atoms with van der Waals surface area (Å²) in [6.45, 7) is 1.21. The SMILES string of the molecule is OCC1CCC(c2cn[nH]c2)NC1. The number of rotatable bonds is 2. The van der Waals surface area contributed by atoms with Crippen LogP contribution in [0.4, 0.5) is 0 Å². The Kier molecular flexibility index (Phi) is 2.61. The van der Waals surface area contributed by atoms with Crippen molar-refractivity contribution in [1.29, 1.82) is 0 Å². The molecule has 0 amide bonds. The molecule has 0 bridgehead atoms. The van der Waals surface area contributed by atoms with E-state index in [2.05, 4.69) is 15.5 Å². The van der Waals surface area contributed by atoms with Crippen LogP contribution >= 0.6 is 0 Å². The summed E-state index contributed by atoms with van der Waals surface area (Å²) in [5.74, 6) is 0.433. The summed E-state index contributed by atoms with van der Waals surface area (Å²) in [4.78, 5) is 0. The molecule has 1 aromatic rings. The van der Waals surface area contributed by atoms with E-state index in [0.717, 1.165) is 19.4 Å². The predicted octanol–water partition coefficient (Wildman–Crippen LogP) is 0.443. The van der Waals surface area contributed by atoms with Crippen LogP contribution < -0.4 is 5.32 Å². The van der Waals surface area contributed by atoms with E-state index in [1.165, 1.54) is 5.56 Å². The van der Waals surface area contributed by atoms with Gasteiger partial charge in [-0.1, -0.05) is 0 Å². The van der Waals surface area contributed by atoms with Crippen LogP contribution in [-0.2, 0) is 0 Å². The summed E-state index contributed by atoms with van der Waals surface area (Å²) in [5, 5.41) is 19.1. The van der Waals surface area contributed by atoms with Crippen molar-refractivity contribution in [3.8, 4) is 0 Å². The quantitative estimate of drug-likeness (QED) is 0.620. The van der Waals surface area contributed by atoms with Crippen LogP contribution in [0.3, 0.4) is 0 Å². The van der Waals surface area contributed by atoms with E-state index in [4.69, 9.17) is 5.11 Å². The Bertz CT molecular complexity index is 239. The van der Waals surface area contributed by atoms with Crippen LogP contribution in [0, 0.1) is 5.92 Å². The molecule has 0 radical (unpaired) electrons. The van der Waals surface area contributed by atoms with Gasteiger partial charge in [0.2, 0.25) is 0 Å². The Hall–Kier alpha value is -0.870. The standard InChI is InChI=1S/C9H15N3O/c13-6-7-1-2-9(10-3-7)8-4-11-12-5-8/h4-5,7,9-10,13H,1-3,6H2,(H,11,12). The third-order valence-electron chi connectivity index (χ3n) is 2.70. The van der Waals surface area contributed by atoms with Crippen molar-refractivity contribution < 1.29 is 5.11 Å². The van der Waals surface area contributed by atoms with Gasteiger partial charge in [0.1, 0.15) is 0 Å². The van der Waals surface area contributed by atoms with Gasteiger partial charge in [-0.05, 0) is 18.8 Å². The smallest absolute Gasteiger partial charge is 0.0535 e. The highest BCUT2D eigenvalue weighted by molar-refractivity contribution is 5.10. The molecule has 0 aliphatic carbocycles. The Morgan fingerprint density at radius 2 is 2.46 bits per heavy atom. The fourth-order valence-electron chi connectivity index (χ4n) is 1.81. The summed E-state index contributed by atoms with van der Waals surface area (Å²) in [5.41, 5.74) is 1.22. The number of hydrogen-bond donors (Lipinski definition) is 3. The summed E-state index contributed by atoms with van der Waals surface area (Å²) >= 11 is 0. The highest BCUT2D eigenvalue weighted by Crippen LogP contribution is 2.24. The van der Waals surface area contributed by atoms with Crippen molar-refractivity contribution in [1.82, 2.24) is 15.5 Å². The molecular weight excluding hydrogens is 166 g/mol. The third-order valence-corrected chi connectivity index (χ3v) is 2.70. The first-order valence-corrected chi connectivity index (χ1v) is 4.73. The van der Waals surface area contributed by atoms with Gasteiger partial charge in [-0.3, -0.25) is 5.10 Å². The lowest BCUT2D eigenvalue weighted by Crippen LogP contribution is -2.34. The molecular formula is C9H15N3O. The maximum absolute atomic E-state index is 8.95. The first kappa shape index (κ1) is 8.72. The number of piperidine rings is 1. The highest BCUT2D eigenvalue weighted by atomic mass is 16.3. The van der Waals surface area contributed by atoms with E-state index in [-0.39, 0.29) is 0 Å². The van der Waals surface area contributed by atoms with E-state index in [1.807, 2.05) is 12.4 Å². The molecule has 1 fully saturated rings. The average molecular weight is 181 g/mol. The first-order valence-electron chi connectivity index (χ1n) is 4.73. The van der Waals surface area contributed by atoms with Gasteiger partial charge in [0.05, 0.1) is 6.20 Å². The highest BCUT2D eigenvalue weighted by Gasteiger charge is 2.21. The molecule has 2 unspecified atom stereocenters. The maximum atomic E-state index is 8.95. The molecule has 2 rings (SSSR count). The number of aromatic amines is 1. The zero-order chi connectivity index (χ0) is 9.10. The molecule has 4 nitrogen and oxygen atoms in total. The van der Waals surface area contributed by atoms with Crippen molar-refractivity contribution >= 4 is 0 Å². The summed E-state index contributed by atoms with van der Waals surface area (Å²) in [6.07, 6.45) is 5.97. The van der Waals surface area contributed by atoms with Crippen LogP contribution in [0.25, 0.3) is 0 Å². The van der Waals surface area contributed by atoms with E-state index >= 15 is 0 Å². The largest absolute Gasteiger partial charge is 0.396 e. The Morgan fingerprint density at radius 1 is 1.54 bits per heavy atom. The third kappa shape index (κ3) is 1.89. The molecule has 1 saturated heterocycles. The van der Waals surface area contributed by atoms with Crippen LogP contribution in [0.5, 0.6) is 0 Å². The number of H-pyrrole nitrogens is 1. The van der Waals surface area contributed by atoms with E-state index in [9.17, 15) is 0 Å². The maximum Gasteiger partial charge on any atom is 0.0535 e. The van der Waals surface area contributed by atoms with Gasteiger partial charge >= 0.3 is 0 Å². The van der Waals surface area contributed by atoms with Gasteiger partial charge < -0.3 is 10.4 Å².